The van der Waals surface area contributed by atoms with Crippen molar-refractivity contribution in [3.63, 3.8) is 0 Å². The number of aromatic nitrogens is 4. The van der Waals surface area contributed by atoms with Crippen molar-refractivity contribution in [3.05, 3.63) is 43.9 Å². The van der Waals surface area contributed by atoms with Gasteiger partial charge in [0.05, 0.1) is 0 Å². The number of aryl methyl sites for hydroxylation is 1. The van der Waals surface area contributed by atoms with Crippen LogP contribution in [0.15, 0.2) is 15.8 Å². The topological polar surface area (TPSA) is 123 Å². The Labute approximate surface area is 100 Å². The fourth-order valence-electron chi connectivity index (χ4n) is 1.36. The van der Waals surface area contributed by atoms with Crippen LogP contribution in [0.3, 0.4) is 0 Å². The first kappa shape index (κ1) is 11.8. The predicted octanol–water partition coefficient (Wildman–Crippen LogP) is -0.345. The van der Waals surface area contributed by atoms with Crippen molar-refractivity contribution in [2.75, 3.05) is 5.32 Å². The van der Waals surface area contributed by atoms with Crippen LogP contribution in [-0.4, -0.2) is 26.1 Å². The number of rotatable bonds is 2. The second kappa shape index (κ2) is 4.32. The van der Waals surface area contributed by atoms with Crippen LogP contribution in [0.1, 0.15) is 21.6 Å². The molecule has 0 spiro atoms. The van der Waals surface area contributed by atoms with Gasteiger partial charge in [0.25, 0.3) is 11.5 Å². The van der Waals surface area contributed by atoms with Crippen LogP contribution >= 0.6 is 0 Å². The molecule has 2 aromatic heterocycles. The number of anilines is 1. The molecule has 8 heteroatoms. The largest absolute Gasteiger partial charge is 0.325 e. The molecule has 8 nitrogen and oxygen atoms in total. The van der Waals surface area contributed by atoms with Crippen LogP contribution in [-0.2, 0) is 0 Å². The van der Waals surface area contributed by atoms with Crippen molar-refractivity contribution >= 4 is 11.7 Å². The van der Waals surface area contributed by atoms with E-state index in [0.717, 1.165) is 17.5 Å². The molecule has 2 rings (SSSR count). The van der Waals surface area contributed by atoms with Gasteiger partial charge in [-0.2, -0.15) is 5.10 Å². The smallest absolute Gasteiger partial charge is 0.313 e. The molecule has 0 aliphatic rings. The highest BCUT2D eigenvalue weighted by molar-refractivity contribution is 6.03. The van der Waals surface area contributed by atoms with E-state index in [1.807, 2.05) is 11.9 Å². The lowest BCUT2D eigenvalue weighted by Gasteiger charge is -2.01. The van der Waals surface area contributed by atoms with E-state index in [9.17, 15) is 14.4 Å². The molecule has 0 aliphatic carbocycles. The number of carbonyl (C=O) groups is 1. The van der Waals surface area contributed by atoms with Crippen LogP contribution in [0.5, 0.6) is 0 Å². The first-order chi connectivity index (χ1) is 8.49. The number of amides is 1. The maximum absolute atomic E-state index is 11.8. The predicted molar refractivity (Wildman–Crippen MR) is 63.7 cm³/mol. The molecule has 2 heterocycles. The van der Waals surface area contributed by atoms with Crippen molar-refractivity contribution < 1.29 is 4.79 Å². The van der Waals surface area contributed by atoms with E-state index in [-0.39, 0.29) is 5.56 Å². The third kappa shape index (κ3) is 2.08. The summed E-state index contributed by atoms with van der Waals surface area (Å²) in [6.45, 7) is 3.59. The lowest BCUT2D eigenvalue weighted by atomic mass is 10.2. The summed E-state index contributed by atoms with van der Waals surface area (Å²) in [6, 6.07) is 0. The molecule has 18 heavy (non-hydrogen) atoms. The van der Waals surface area contributed by atoms with Crippen molar-refractivity contribution in [1.82, 2.24) is 20.2 Å². The van der Waals surface area contributed by atoms with Gasteiger partial charge in [0.2, 0.25) is 0 Å². The maximum Gasteiger partial charge on any atom is 0.325 e. The van der Waals surface area contributed by atoms with Crippen LogP contribution < -0.4 is 16.6 Å². The molecule has 0 radical (unpaired) electrons. The maximum atomic E-state index is 11.8. The molecule has 2 aromatic rings. The van der Waals surface area contributed by atoms with Crippen molar-refractivity contribution in [1.29, 1.82) is 0 Å². The van der Waals surface area contributed by atoms with E-state index >= 15 is 0 Å². The number of aromatic amines is 3. The molecule has 1 amide bonds. The molecule has 0 saturated carbocycles. The lowest BCUT2D eigenvalue weighted by molar-refractivity contribution is 0.102. The second-order valence-corrected chi connectivity index (χ2v) is 3.76. The standard InChI is InChI=1S/C10H11N5O3/c1-4-5(2)14-15-7(4)12-8(16)6-3-11-10(18)13-9(6)17/h3H,1-2H3,(H2,11,13,17,18)(H2,12,14,15,16). The van der Waals surface area contributed by atoms with Crippen molar-refractivity contribution in [3.8, 4) is 0 Å². The van der Waals surface area contributed by atoms with Crippen LogP contribution in [0.2, 0.25) is 0 Å². The van der Waals surface area contributed by atoms with Gasteiger partial charge in [0, 0.05) is 17.5 Å². The van der Waals surface area contributed by atoms with Crippen LogP contribution in [0.25, 0.3) is 0 Å². The molecule has 0 aromatic carbocycles. The van der Waals surface area contributed by atoms with Gasteiger partial charge in [-0.25, -0.2) is 4.79 Å². The molecular weight excluding hydrogens is 238 g/mol. The molecule has 0 atom stereocenters. The zero-order chi connectivity index (χ0) is 13.3. The number of H-pyrrole nitrogens is 3. The van der Waals surface area contributed by atoms with Gasteiger partial charge in [-0.05, 0) is 13.8 Å². The lowest BCUT2D eigenvalue weighted by Crippen LogP contribution is -2.29. The van der Waals surface area contributed by atoms with E-state index in [4.69, 9.17) is 0 Å². The van der Waals surface area contributed by atoms with E-state index < -0.39 is 17.2 Å². The van der Waals surface area contributed by atoms with Gasteiger partial charge < -0.3 is 10.3 Å². The highest BCUT2D eigenvalue weighted by Gasteiger charge is 2.14. The number of hydrogen-bond acceptors (Lipinski definition) is 4. The molecule has 0 aliphatic heterocycles. The summed E-state index contributed by atoms with van der Waals surface area (Å²) in [6.07, 6.45) is 1.06. The average Bonchev–Trinajstić information content (AvgIpc) is 2.61. The Bertz CT molecular complexity index is 709. The van der Waals surface area contributed by atoms with Crippen molar-refractivity contribution in [2.24, 2.45) is 0 Å². The van der Waals surface area contributed by atoms with E-state index in [1.165, 1.54) is 0 Å². The molecule has 0 fully saturated rings. The molecule has 4 N–H and O–H groups in total. The number of carbonyl (C=O) groups excluding carboxylic acids is 1. The highest BCUT2D eigenvalue weighted by atomic mass is 16.2. The highest BCUT2D eigenvalue weighted by Crippen LogP contribution is 2.13. The zero-order valence-electron chi connectivity index (χ0n) is 9.75. The van der Waals surface area contributed by atoms with Crippen molar-refractivity contribution in [2.45, 2.75) is 13.8 Å². The summed E-state index contributed by atoms with van der Waals surface area (Å²) in [5.74, 6) is -0.287. The minimum atomic E-state index is -0.749. The third-order valence-electron chi connectivity index (χ3n) is 2.55. The molecular formula is C10H11N5O3. The summed E-state index contributed by atoms with van der Waals surface area (Å²) in [5, 5.41) is 9.08. The van der Waals surface area contributed by atoms with E-state index in [0.29, 0.717) is 5.82 Å². The Morgan fingerprint density at radius 1 is 1.33 bits per heavy atom. The monoisotopic (exact) mass is 249 g/mol. The van der Waals surface area contributed by atoms with Gasteiger partial charge in [-0.1, -0.05) is 0 Å². The normalized spacial score (nSPS) is 10.3. The summed E-state index contributed by atoms with van der Waals surface area (Å²) in [7, 11) is 0. The molecule has 0 saturated heterocycles. The number of hydrogen-bond donors (Lipinski definition) is 4. The fraction of sp³-hybridized carbons (Fsp3) is 0.200. The minimum absolute atomic E-state index is 0.186. The van der Waals surface area contributed by atoms with Gasteiger partial charge >= 0.3 is 5.69 Å². The Kier molecular flexibility index (Phi) is 2.84. The summed E-state index contributed by atoms with van der Waals surface area (Å²) >= 11 is 0. The van der Waals surface area contributed by atoms with E-state index in [2.05, 4.69) is 20.5 Å². The Morgan fingerprint density at radius 3 is 2.61 bits per heavy atom. The second-order valence-electron chi connectivity index (χ2n) is 3.76. The number of nitrogens with one attached hydrogen (secondary N) is 4. The van der Waals surface area contributed by atoms with Gasteiger partial charge in [-0.3, -0.25) is 19.7 Å². The SMILES string of the molecule is Cc1[nH]nc(NC(=O)c2c[nH]c(=O)[nH]c2=O)c1C. The van der Waals surface area contributed by atoms with Crippen LogP contribution in [0.4, 0.5) is 5.82 Å². The van der Waals surface area contributed by atoms with E-state index in [1.54, 1.807) is 6.92 Å². The van der Waals surface area contributed by atoms with Gasteiger partial charge in [-0.15, -0.1) is 0 Å². The zero-order valence-corrected chi connectivity index (χ0v) is 9.75. The fourth-order valence-corrected chi connectivity index (χ4v) is 1.36. The summed E-state index contributed by atoms with van der Waals surface area (Å²) in [4.78, 5) is 38.2. The Morgan fingerprint density at radius 2 is 2.06 bits per heavy atom. The summed E-state index contributed by atoms with van der Waals surface area (Å²) in [5.41, 5.74) is 0.00374. The average molecular weight is 249 g/mol. The third-order valence-corrected chi connectivity index (χ3v) is 2.55. The first-order valence-electron chi connectivity index (χ1n) is 5.14. The molecule has 0 unspecified atom stereocenters. The first-order valence-corrected chi connectivity index (χ1v) is 5.14. The van der Waals surface area contributed by atoms with Gasteiger partial charge in [0.1, 0.15) is 5.56 Å². The molecule has 0 bridgehead atoms. The Hall–Kier alpha value is -2.64. The van der Waals surface area contributed by atoms with Crippen LogP contribution in [0, 0.1) is 13.8 Å². The number of nitrogens with zero attached hydrogens (tertiary/aromatic N) is 1. The molecule has 94 valence electrons. The quantitative estimate of drug-likeness (QED) is 0.581. The van der Waals surface area contributed by atoms with Gasteiger partial charge in [0.15, 0.2) is 5.82 Å². The minimum Gasteiger partial charge on any atom is -0.313 e. The Balaban J connectivity index is 2.30. The summed E-state index contributed by atoms with van der Waals surface area (Å²) < 4.78 is 0.